The maximum absolute atomic E-state index is 11.0. The average molecular weight is 309 g/mol. The van der Waals surface area contributed by atoms with Gasteiger partial charge in [0.1, 0.15) is 12.2 Å². The van der Waals surface area contributed by atoms with Gasteiger partial charge in [-0.3, -0.25) is 9.59 Å². The number of alkyl halides is 1. The standard InChI is InChI=1S/C10H13BrO6/c1-3(12)15-9-7-5(11)6(14)8(17-7)10(9)16-4(2)13/h5-10,14H,1-2H3/t5-,6+,7-,8+,9-,10+/m0/s1. The molecular weight excluding hydrogens is 296 g/mol. The van der Waals surface area contributed by atoms with E-state index in [0.29, 0.717) is 0 Å². The molecule has 2 bridgehead atoms. The van der Waals surface area contributed by atoms with Crippen LogP contribution in [-0.4, -0.2) is 52.4 Å². The minimum atomic E-state index is -0.781. The topological polar surface area (TPSA) is 82.1 Å². The Balaban J connectivity index is 2.17. The van der Waals surface area contributed by atoms with Gasteiger partial charge in [0.15, 0.2) is 12.2 Å². The lowest BCUT2D eigenvalue weighted by Crippen LogP contribution is -2.53. The maximum atomic E-state index is 11.0. The van der Waals surface area contributed by atoms with Gasteiger partial charge in [-0.1, -0.05) is 15.9 Å². The van der Waals surface area contributed by atoms with Crippen LogP contribution in [0.3, 0.4) is 0 Å². The largest absolute Gasteiger partial charge is 0.456 e. The third-order valence-corrected chi connectivity index (χ3v) is 3.93. The molecular formula is C10H13BrO6. The van der Waals surface area contributed by atoms with E-state index in [1.165, 1.54) is 13.8 Å². The third-order valence-electron chi connectivity index (χ3n) is 2.87. The molecule has 2 fully saturated rings. The summed E-state index contributed by atoms with van der Waals surface area (Å²) in [5, 5.41) is 9.82. The van der Waals surface area contributed by atoms with Gasteiger partial charge in [0.2, 0.25) is 0 Å². The highest BCUT2D eigenvalue weighted by molar-refractivity contribution is 9.09. The third kappa shape index (κ3) is 2.19. The number of carbonyl (C=O) groups is 2. The molecule has 2 saturated heterocycles. The molecule has 2 aliphatic heterocycles. The highest BCUT2D eigenvalue weighted by atomic mass is 79.9. The Morgan fingerprint density at radius 2 is 1.59 bits per heavy atom. The predicted molar refractivity (Wildman–Crippen MR) is 58.5 cm³/mol. The molecule has 2 aliphatic rings. The molecule has 0 amide bonds. The number of hydrogen-bond acceptors (Lipinski definition) is 6. The van der Waals surface area contributed by atoms with Crippen molar-refractivity contribution in [3.8, 4) is 0 Å². The van der Waals surface area contributed by atoms with E-state index >= 15 is 0 Å². The summed E-state index contributed by atoms with van der Waals surface area (Å²) in [5.74, 6) is -0.973. The second kappa shape index (κ2) is 4.55. The summed E-state index contributed by atoms with van der Waals surface area (Å²) in [4.78, 5) is 21.7. The summed E-state index contributed by atoms with van der Waals surface area (Å²) in [6, 6.07) is 0. The molecule has 17 heavy (non-hydrogen) atoms. The van der Waals surface area contributed by atoms with Gasteiger partial charge in [0.25, 0.3) is 0 Å². The van der Waals surface area contributed by atoms with Crippen molar-refractivity contribution in [3.63, 3.8) is 0 Å². The van der Waals surface area contributed by atoms with E-state index in [2.05, 4.69) is 15.9 Å². The molecule has 6 nitrogen and oxygen atoms in total. The number of carbonyl (C=O) groups excluding carboxylic acids is 2. The van der Waals surface area contributed by atoms with E-state index in [1.807, 2.05) is 0 Å². The second-order valence-corrected chi connectivity index (χ2v) is 5.21. The Kier molecular flexibility index (Phi) is 3.42. The summed E-state index contributed by atoms with van der Waals surface area (Å²) in [6.45, 7) is 2.53. The number of ether oxygens (including phenoxy) is 3. The second-order valence-electron chi connectivity index (χ2n) is 4.15. The van der Waals surface area contributed by atoms with E-state index in [1.54, 1.807) is 0 Å². The normalized spacial score (nSPS) is 43.5. The molecule has 0 aromatic rings. The number of fused-ring (bicyclic) bond motifs is 2. The first-order valence-corrected chi connectivity index (χ1v) is 6.15. The van der Waals surface area contributed by atoms with Gasteiger partial charge in [-0.05, 0) is 0 Å². The summed E-state index contributed by atoms with van der Waals surface area (Å²) in [6.07, 6.45) is -3.35. The van der Waals surface area contributed by atoms with Gasteiger partial charge in [0, 0.05) is 13.8 Å². The van der Waals surface area contributed by atoms with E-state index < -0.39 is 42.5 Å². The Morgan fingerprint density at radius 3 is 2.06 bits per heavy atom. The van der Waals surface area contributed by atoms with Crippen molar-refractivity contribution in [2.45, 2.75) is 49.2 Å². The molecule has 0 aromatic carbocycles. The summed E-state index contributed by atoms with van der Waals surface area (Å²) < 4.78 is 15.6. The molecule has 6 atom stereocenters. The van der Waals surface area contributed by atoms with Gasteiger partial charge < -0.3 is 19.3 Å². The molecule has 0 aromatic heterocycles. The van der Waals surface area contributed by atoms with Crippen molar-refractivity contribution in [2.75, 3.05) is 0 Å². The number of rotatable bonds is 2. The van der Waals surface area contributed by atoms with Crippen LogP contribution in [0.4, 0.5) is 0 Å². The molecule has 2 rings (SSSR count). The summed E-state index contributed by atoms with van der Waals surface area (Å²) in [7, 11) is 0. The van der Waals surface area contributed by atoms with E-state index in [4.69, 9.17) is 14.2 Å². The van der Waals surface area contributed by atoms with Crippen LogP contribution in [-0.2, 0) is 23.8 Å². The number of aliphatic hydroxyl groups excluding tert-OH is 1. The number of esters is 2. The minimum Gasteiger partial charge on any atom is -0.456 e. The number of hydrogen-bond donors (Lipinski definition) is 1. The summed E-state index contributed by atoms with van der Waals surface area (Å²) >= 11 is 3.28. The van der Waals surface area contributed by atoms with Gasteiger partial charge in [-0.2, -0.15) is 0 Å². The van der Waals surface area contributed by atoms with Crippen molar-refractivity contribution in [1.82, 2.24) is 0 Å². The first-order valence-electron chi connectivity index (χ1n) is 5.24. The van der Waals surface area contributed by atoms with Crippen molar-refractivity contribution < 1.29 is 28.9 Å². The zero-order chi connectivity index (χ0) is 12.7. The lowest BCUT2D eigenvalue weighted by molar-refractivity contribution is -0.168. The Hall–Kier alpha value is -0.660. The first kappa shape index (κ1) is 12.8. The zero-order valence-corrected chi connectivity index (χ0v) is 10.9. The van der Waals surface area contributed by atoms with E-state index in [9.17, 15) is 14.7 Å². The molecule has 0 unspecified atom stereocenters. The Bertz CT molecular complexity index is 314. The SMILES string of the molecule is CC(=O)O[C@@H]1[C@H](OC(C)=O)[C@@H]2O[C@H]1[C@@H](Br)[C@H]2O. The van der Waals surface area contributed by atoms with Gasteiger partial charge in [-0.15, -0.1) is 0 Å². The Morgan fingerprint density at radius 1 is 1.12 bits per heavy atom. The van der Waals surface area contributed by atoms with E-state index in [-0.39, 0.29) is 4.83 Å². The predicted octanol–water partition coefficient (Wildman–Crippen LogP) is -0.245. The molecule has 96 valence electrons. The smallest absolute Gasteiger partial charge is 0.303 e. The van der Waals surface area contributed by atoms with Crippen molar-refractivity contribution in [3.05, 3.63) is 0 Å². The van der Waals surface area contributed by atoms with Crippen LogP contribution in [0.25, 0.3) is 0 Å². The molecule has 0 radical (unpaired) electrons. The molecule has 7 heteroatoms. The zero-order valence-electron chi connectivity index (χ0n) is 9.33. The van der Waals surface area contributed by atoms with Crippen LogP contribution in [0.2, 0.25) is 0 Å². The van der Waals surface area contributed by atoms with Crippen LogP contribution in [0, 0.1) is 0 Å². The average Bonchev–Trinajstić information content (AvgIpc) is 2.66. The maximum Gasteiger partial charge on any atom is 0.303 e. The van der Waals surface area contributed by atoms with E-state index in [0.717, 1.165) is 0 Å². The molecule has 0 aliphatic carbocycles. The molecule has 0 spiro atoms. The van der Waals surface area contributed by atoms with Crippen LogP contribution < -0.4 is 0 Å². The molecule has 0 saturated carbocycles. The minimum absolute atomic E-state index is 0.330. The van der Waals surface area contributed by atoms with Crippen molar-refractivity contribution in [1.29, 1.82) is 0 Å². The monoisotopic (exact) mass is 308 g/mol. The number of aliphatic hydroxyl groups is 1. The molecule has 1 N–H and O–H groups in total. The van der Waals surface area contributed by atoms with Crippen LogP contribution in [0.15, 0.2) is 0 Å². The lowest BCUT2D eigenvalue weighted by Gasteiger charge is -2.31. The fourth-order valence-electron chi connectivity index (χ4n) is 2.27. The van der Waals surface area contributed by atoms with Crippen LogP contribution >= 0.6 is 15.9 Å². The highest BCUT2D eigenvalue weighted by Gasteiger charge is 2.62. The highest BCUT2D eigenvalue weighted by Crippen LogP contribution is 2.42. The fraction of sp³-hybridized carbons (Fsp3) is 0.800. The quantitative estimate of drug-likeness (QED) is 0.560. The van der Waals surface area contributed by atoms with Crippen LogP contribution in [0.1, 0.15) is 13.8 Å². The summed E-state index contributed by atoms with van der Waals surface area (Å²) in [5.41, 5.74) is 0. The van der Waals surface area contributed by atoms with Gasteiger partial charge in [-0.25, -0.2) is 0 Å². The first-order chi connectivity index (χ1) is 7.91. The van der Waals surface area contributed by atoms with Crippen molar-refractivity contribution in [2.24, 2.45) is 0 Å². The van der Waals surface area contributed by atoms with Crippen LogP contribution in [0.5, 0.6) is 0 Å². The lowest BCUT2D eigenvalue weighted by atomic mass is 9.92. The number of halogens is 1. The molecule has 2 heterocycles. The van der Waals surface area contributed by atoms with Gasteiger partial charge in [0.05, 0.1) is 10.9 Å². The van der Waals surface area contributed by atoms with Crippen molar-refractivity contribution >= 4 is 27.9 Å². The van der Waals surface area contributed by atoms with Gasteiger partial charge >= 0.3 is 11.9 Å². The Labute approximate surface area is 106 Å². The fourth-order valence-corrected chi connectivity index (χ4v) is 2.99.